The number of hydrogen-bond donors (Lipinski definition) is 1. The fourth-order valence-corrected chi connectivity index (χ4v) is 3.74. The van der Waals surface area contributed by atoms with Gasteiger partial charge in [-0.25, -0.2) is 0 Å². The van der Waals surface area contributed by atoms with Gasteiger partial charge in [-0.05, 0) is 31.2 Å². The molecular weight excluding hydrogens is 248 g/mol. The lowest BCUT2D eigenvalue weighted by atomic mass is 9.83. The SMILES string of the molecule is CC(C1CCCCC1)N1C(=O)CNC1c1ccccc1. The predicted octanol–water partition coefficient (Wildman–Crippen LogP) is 3.09. The van der Waals surface area contributed by atoms with E-state index in [1.165, 1.54) is 37.7 Å². The van der Waals surface area contributed by atoms with Crippen LogP contribution < -0.4 is 5.32 Å². The van der Waals surface area contributed by atoms with Crippen LogP contribution in [-0.4, -0.2) is 23.4 Å². The first kappa shape index (κ1) is 13.6. The molecule has 0 spiro atoms. The molecule has 1 heterocycles. The molecule has 2 fully saturated rings. The van der Waals surface area contributed by atoms with E-state index >= 15 is 0 Å². The molecule has 3 nitrogen and oxygen atoms in total. The Morgan fingerprint density at radius 2 is 1.85 bits per heavy atom. The Morgan fingerprint density at radius 3 is 2.55 bits per heavy atom. The van der Waals surface area contributed by atoms with Crippen LogP contribution in [0, 0.1) is 5.92 Å². The van der Waals surface area contributed by atoms with Crippen LogP contribution in [0.25, 0.3) is 0 Å². The molecular formula is C17H24N2O. The molecule has 2 unspecified atom stereocenters. The first-order chi connectivity index (χ1) is 9.77. The largest absolute Gasteiger partial charge is 0.319 e. The van der Waals surface area contributed by atoms with Gasteiger partial charge < -0.3 is 4.90 Å². The average molecular weight is 272 g/mol. The molecule has 0 aromatic heterocycles. The van der Waals surface area contributed by atoms with Crippen molar-refractivity contribution in [3.8, 4) is 0 Å². The molecule has 1 saturated carbocycles. The van der Waals surface area contributed by atoms with Crippen LogP contribution in [-0.2, 0) is 4.79 Å². The van der Waals surface area contributed by atoms with E-state index in [2.05, 4.69) is 29.3 Å². The van der Waals surface area contributed by atoms with Crippen molar-refractivity contribution in [1.29, 1.82) is 0 Å². The summed E-state index contributed by atoms with van der Waals surface area (Å²) in [6, 6.07) is 10.7. The molecule has 3 heteroatoms. The highest BCUT2D eigenvalue weighted by atomic mass is 16.2. The van der Waals surface area contributed by atoms with Crippen molar-refractivity contribution < 1.29 is 4.79 Å². The maximum atomic E-state index is 12.3. The third kappa shape index (κ3) is 2.59. The highest BCUT2D eigenvalue weighted by Gasteiger charge is 2.37. The molecule has 3 rings (SSSR count). The lowest BCUT2D eigenvalue weighted by Crippen LogP contribution is -2.42. The summed E-state index contributed by atoms with van der Waals surface area (Å²) in [5, 5.41) is 3.37. The third-order valence-corrected chi connectivity index (χ3v) is 4.90. The van der Waals surface area contributed by atoms with Gasteiger partial charge >= 0.3 is 0 Å². The molecule has 1 aromatic carbocycles. The summed E-state index contributed by atoms with van der Waals surface area (Å²) in [6.07, 6.45) is 6.60. The van der Waals surface area contributed by atoms with Crippen molar-refractivity contribution in [2.45, 2.75) is 51.2 Å². The summed E-state index contributed by atoms with van der Waals surface area (Å²) in [4.78, 5) is 14.4. The molecule has 1 aliphatic carbocycles. The summed E-state index contributed by atoms with van der Waals surface area (Å²) >= 11 is 0. The van der Waals surface area contributed by atoms with Crippen molar-refractivity contribution in [3.05, 3.63) is 35.9 Å². The number of rotatable bonds is 3. The van der Waals surface area contributed by atoms with Crippen molar-refractivity contribution >= 4 is 5.91 Å². The first-order valence-corrected chi connectivity index (χ1v) is 7.87. The minimum Gasteiger partial charge on any atom is -0.319 e. The van der Waals surface area contributed by atoms with Gasteiger partial charge in [0.1, 0.15) is 6.17 Å². The van der Waals surface area contributed by atoms with E-state index in [0.29, 0.717) is 18.5 Å². The quantitative estimate of drug-likeness (QED) is 0.917. The summed E-state index contributed by atoms with van der Waals surface area (Å²) in [7, 11) is 0. The molecule has 1 saturated heterocycles. The average Bonchev–Trinajstić information content (AvgIpc) is 2.90. The summed E-state index contributed by atoms with van der Waals surface area (Å²) in [5.41, 5.74) is 1.20. The maximum Gasteiger partial charge on any atom is 0.238 e. The Balaban J connectivity index is 1.79. The van der Waals surface area contributed by atoms with Gasteiger partial charge in [-0.2, -0.15) is 0 Å². The Kier molecular flexibility index (Phi) is 4.06. The Bertz CT molecular complexity index is 453. The number of amides is 1. The van der Waals surface area contributed by atoms with E-state index in [4.69, 9.17) is 0 Å². The van der Waals surface area contributed by atoms with Gasteiger partial charge in [0, 0.05) is 6.04 Å². The highest BCUT2D eigenvalue weighted by molar-refractivity contribution is 5.81. The zero-order valence-electron chi connectivity index (χ0n) is 12.2. The first-order valence-electron chi connectivity index (χ1n) is 7.87. The Labute approximate surface area is 121 Å². The smallest absolute Gasteiger partial charge is 0.238 e. The second-order valence-electron chi connectivity index (χ2n) is 6.13. The van der Waals surface area contributed by atoms with E-state index in [0.717, 1.165) is 0 Å². The van der Waals surface area contributed by atoms with Gasteiger partial charge in [0.25, 0.3) is 0 Å². The second kappa shape index (κ2) is 5.96. The van der Waals surface area contributed by atoms with Crippen LogP contribution in [0.15, 0.2) is 30.3 Å². The minimum absolute atomic E-state index is 0.0561. The van der Waals surface area contributed by atoms with E-state index < -0.39 is 0 Å². The fraction of sp³-hybridized carbons (Fsp3) is 0.588. The molecule has 0 radical (unpaired) electrons. The number of carbonyl (C=O) groups is 1. The van der Waals surface area contributed by atoms with Crippen LogP contribution in [0.5, 0.6) is 0 Å². The topological polar surface area (TPSA) is 32.3 Å². The van der Waals surface area contributed by atoms with Gasteiger partial charge in [-0.3, -0.25) is 10.1 Å². The number of nitrogens with one attached hydrogen (secondary N) is 1. The molecule has 108 valence electrons. The number of hydrogen-bond acceptors (Lipinski definition) is 2. The van der Waals surface area contributed by atoms with Gasteiger partial charge in [-0.1, -0.05) is 49.6 Å². The molecule has 2 aliphatic rings. The van der Waals surface area contributed by atoms with Crippen LogP contribution in [0.1, 0.15) is 50.8 Å². The fourth-order valence-electron chi connectivity index (χ4n) is 3.74. The molecule has 1 aromatic rings. The Morgan fingerprint density at radius 1 is 1.15 bits per heavy atom. The summed E-state index contributed by atoms with van der Waals surface area (Å²) in [5.74, 6) is 0.913. The maximum absolute atomic E-state index is 12.3. The van der Waals surface area contributed by atoms with E-state index in [1.54, 1.807) is 0 Å². The second-order valence-corrected chi connectivity index (χ2v) is 6.13. The lowest BCUT2D eigenvalue weighted by Gasteiger charge is -2.37. The number of carbonyl (C=O) groups excluding carboxylic acids is 1. The van der Waals surface area contributed by atoms with Crippen molar-refractivity contribution in [2.24, 2.45) is 5.92 Å². The predicted molar refractivity (Wildman–Crippen MR) is 80.1 cm³/mol. The van der Waals surface area contributed by atoms with Gasteiger partial charge in [-0.15, -0.1) is 0 Å². The normalized spacial score (nSPS) is 25.9. The zero-order valence-corrected chi connectivity index (χ0v) is 12.2. The molecule has 0 bridgehead atoms. The van der Waals surface area contributed by atoms with Crippen LogP contribution in [0.3, 0.4) is 0 Å². The van der Waals surface area contributed by atoms with E-state index in [9.17, 15) is 4.79 Å². The minimum atomic E-state index is 0.0561. The standard InChI is InChI=1S/C17H24N2O/c1-13(14-8-4-2-5-9-14)19-16(20)12-18-17(19)15-10-6-3-7-11-15/h3,6-7,10-11,13-14,17-18H,2,4-5,8-9,12H2,1H3. The van der Waals surface area contributed by atoms with Crippen LogP contribution in [0.4, 0.5) is 0 Å². The van der Waals surface area contributed by atoms with E-state index in [1.807, 2.05) is 18.2 Å². The molecule has 1 amide bonds. The van der Waals surface area contributed by atoms with Crippen LogP contribution in [0.2, 0.25) is 0 Å². The van der Waals surface area contributed by atoms with Crippen molar-refractivity contribution in [2.75, 3.05) is 6.54 Å². The van der Waals surface area contributed by atoms with Crippen molar-refractivity contribution in [1.82, 2.24) is 10.2 Å². The van der Waals surface area contributed by atoms with Gasteiger partial charge in [0.05, 0.1) is 6.54 Å². The number of nitrogens with zero attached hydrogens (tertiary/aromatic N) is 1. The zero-order chi connectivity index (χ0) is 13.9. The molecule has 1 N–H and O–H groups in total. The monoisotopic (exact) mass is 272 g/mol. The van der Waals surface area contributed by atoms with E-state index in [-0.39, 0.29) is 12.1 Å². The van der Waals surface area contributed by atoms with Gasteiger partial charge in [0.15, 0.2) is 0 Å². The Hall–Kier alpha value is -1.35. The molecule has 20 heavy (non-hydrogen) atoms. The summed E-state index contributed by atoms with van der Waals surface area (Å²) in [6.45, 7) is 2.70. The van der Waals surface area contributed by atoms with Crippen molar-refractivity contribution in [3.63, 3.8) is 0 Å². The van der Waals surface area contributed by atoms with Crippen LogP contribution >= 0.6 is 0 Å². The summed E-state index contributed by atoms with van der Waals surface area (Å²) < 4.78 is 0. The number of benzene rings is 1. The highest BCUT2D eigenvalue weighted by Crippen LogP contribution is 2.33. The van der Waals surface area contributed by atoms with Gasteiger partial charge in [0.2, 0.25) is 5.91 Å². The molecule has 1 aliphatic heterocycles. The third-order valence-electron chi connectivity index (χ3n) is 4.90. The molecule has 2 atom stereocenters. The lowest BCUT2D eigenvalue weighted by molar-refractivity contribution is -0.131.